The second kappa shape index (κ2) is 8.50. The molecule has 3 N–H and O–H groups in total. The summed E-state index contributed by atoms with van der Waals surface area (Å²) in [5.74, 6) is 0.627. The van der Waals surface area contributed by atoms with Gasteiger partial charge in [0.2, 0.25) is 10.0 Å². The number of nitrogens with zero attached hydrogens (tertiary/aromatic N) is 1. The maximum atomic E-state index is 12.9. The Morgan fingerprint density at radius 3 is 2.48 bits per heavy atom. The molecule has 29 heavy (non-hydrogen) atoms. The van der Waals surface area contributed by atoms with E-state index in [9.17, 15) is 18.5 Å². The van der Waals surface area contributed by atoms with Gasteiger partial charge in [-0.3, -0.25) is 0 Å². The number of sulfonamides is 1. The van der Waals surface area contributed by atoms with Crippen LogP contribution in [0.5, 0.6) is 0 Å². The molecule has 0 aliphatic rings. The predicted molar refractivity (Wildman–Crippen MR) is 111 cm³/mol. The number of aromatic nitrogens is 1. The number of hydrogen-bond donors (Lipinski definition) is 3. The van der Waals surface area contributed by atoms with E-state index in [1.54, 1.807) is 50.2 Å². The monoisotopic (exact) mass is 414 g/mol. The van der Waals surface area contributed by atoms with Crippen LogP contribution in [0.2, 0.25) is 0 Å². The summed E-state index contributed by atoms with van der Waals surface area (Å²) < 4.78 is 33.6. The van der Waals surface area contributed by atoms with E-state index in [2.05, 4.69) is 9.88 Å². The number of nitrogens with one attached hydrogen (secondary N) is 1. The molecule has 0 atom stereocenters. The number of aryl methyl sites for hydroxylation is 3. The molecule has 0 aliphatic carbocycles. The first-order valence-corrected chi connectivity index (χ1v) is 10.7. The maximum Gasteiger partial charge on any atom is 0.488 e. The van der Waals surface area contributed by atoms with E-state index < -0.39 is 17.1 Å². The molecule has 0 saturated heterocycles. The van der Waals surface area contributed by atoms with Gasteiger partial charge >= 0.3 is 7.12 Å². The van der Waals surface area contributed by atoms with Crippen LogP contribution in [-0.2, 0) is 16.4 Å². The van der Waals surface area contributed by atoms with E-state index in [0.29, 0.717) is 34.5 Å². The van der Waals surface area contributed by atoms with Gasteiger partial charge < -0.3 is 14.6 Å². The molecule has 0 amide bonds. The lowest BCUT2D eigenvalue weighted by Gasteiger charge is -2.13. The van der Waals surface area contributed by atoms with E-state index in [1.807, 2.05) is 13.0 Å². The third kappa shape index (κ3) is 4.59. The molecule has 2 aromatic carbocycles. The summed E-state index contributed by atoms with van der Waals surface area (Å²) in [4.78, 5) is 0.186. The molecule has 1 heterocycles. The summed E-state index contributed by atoms with van der Waals surface area (Å²) in [5, 5.41) is 22.8. The van der Waals surface area contributed by atoms with Crippen molar-refractivity contribution in [3.8, 4) is 11.1 Å². The van der Waals surface area contributed by atoms with Gasteiger partial charge in [-0.15, -0.1) is 0 Å². The van der Waals surface area contributed by atoms with Crippen LogP contribution in [0, 0.1) is 20.8 Å². The molecule has 0 unspecified atom stereocenters. The van der Waals surface area contributed by atoms with Crippen molar-refractivity contribution in [1.82, 2.24) is 9.88 Å². The van der Waals surface area contributed by atoms with Crippen molar-refractivity contribution in [2.24, 2.45) is 0 Å². The van der Waals surface area contributed by atoms with Crippen LogP contribution in [0.3, 0.4) is 0 Å². The minimum absolute atomic E-state index is 0.126. The molecule has 0 saturated carbocycles. The van der Waals surface area contributed by atoms with Crippen LogP contribution in [0.1, 0.15) is 22.6 Å². The summed E-state index contributed by atoms with van der Waals surface area (Å²) in [6.45, 7) is 5.46. The molecule has 7 nitrogen and oxygen atoms in total. The minimum Gasteiger partial charge on any atom is -0.423 e. The van der Waals surface area contributed by atoms with Gasteiger partial charge in [0.1, 0.15) is 5.76 Å². The molecular formula is C20H23BN2O5S. The SMILES string of the molecule is Cc1ccc(-c2c(C)noc2C)cc1S(=O)(=O)NCCc1ccccc1B(O)O. The van der Waals surface area contributed by atoms with Crippen molar-refractivity contribution in [2.75, 3.05) is 6.54 Å². The largest absolute Gasteiger partial charge is 0.488 e. The summed E-state index contributed by atoms with van der Waals surface area (Å²) in [7, 11) is -5.36. The van der Waals surface area contributed by atoms with E-state index in [0.717, 1.165) is 11.1 Å². The highest BCUT2D eigenvalue weighted by Gasteiger charge is 2.21. The molecule has 0 aliphatic heterocycles. The molecule has 0 fully saturated rings. The highest BCUT2D eigenvalue weighted by Crippen LogP contribution is 2.30. The Bertz CT molecular complexity index is 1110. The Kier molecular flexibility index (Phi) is 6.23. The van der Waals surface area contributed by atoms with E-state index in [1.165, 1.54) is 0 Å². The lowest BCUT2D eigenvalue weighted by atomic mass is 9.76. The normalized spacial score (nSPS) is 11.6. The van der Waals surface area contributed by atoms with Crippen LogP contribution < -0.4 is 10.2 Å². The first-order valence-electron chi connectivity index (χ1n) is 9.18. The zero-order valence-corrected chi connectivity index (χ0v) is 17.3. The summed E-state index contributed by atoms with van der Waals surface area (Å²) >= 11 is 0. The van der Waals surface area contributed by atoms with Gasteiger partial charge in [-0.1, -0.05) is 41.6 Å². The fourth-order valence-electron chi connectivity index (χ4n) is 3.35. The van der Waals surface area contributed by atoms with Gasteiger partial charge in [-0.25, -0.2) is 13.1 Å². The fraction of sp³-hybridized carbons (Fsp3) is 0.250. The lowest BCUT2D eigenvalue weighted by Crippen LogP contribution is -2.34. The third-order valence-electron chi connectivity index (χ3n) is 4.82. The van der Waals surface area contributed by atoms with Crippen molar-refractivity contribution < 1.29 is 23.0 Å². The van der Waals surface area contributed by atoms with Gasteiger partial charge in [-0.2, -0.15) is 0 Å². The Labute approximate surface area is 170 Å². The van der Waals surface area contributed by atoms with Crippen molar-refractivity contribution in [1.29, 1.82) is 0 Å². The van der Waals surface area contributed by atoms with Crippen LogP contribution in [0.4, 0.5) is 0 Å². The molecule has 0 bridgehead atoms. The molecule has 3 aromatic rings. The van der Waals surface area contributed by atoms with Gasteiger partial charge in [0, 0.05) is 12.1 Å². The zero-order chi connectivity index (χ0) is 21.2. The van der Waals surface area contributed by atoms with Crippen molar-refractivity contribution in [3.05, 3.63) is 65.0 Å². The molecule has 1 aromatic heterocycles. The molecule has 152 valence electrons. The van der Waals surface area contributed by atoms with Crippen LogP contribution in [0.15, 0.2) is 51.9 Å². The summed E-state index contributed by atoms with van der Waals surface area (Å²) in [6, 6.07) is 12.0. The average molecular weight is 414 g/mol. The van der Waals surface area contributed by atoms with E-state index >= 15 is 0 Å². The Morgan fingerprint density at radius 2 is 1.83 bits per heavy atom. The van der Waals surface area contributed by atoms with E-state index in [-0.39, 0.29) is 11.4 Å². The molecular weight excluding hydrogens is 391 g/mol. The lowest BCUT2D eigenvalue weighted by molar-refractivity contribution is 0.393. The van der Waals surface area contributed by atoms with Crippen LogP contribution in [0.25, 0.3) is 11.1 Å². The Morgan fingerprint density at radius 1 is 1.10 bits per heavy atom. The predicted octanol–water partition coefficient (Wildman–Crippen LogP) is 1.47. The maximum absolute atomic E-state index is 12.9. The van der Waals surface area contributed by atoms with E-state index in [4.69, 9.17) is 4.52 Å². The van der Waals surface area contributed by atoms with Crippen molar-refractivity contribution in [2.45, 2.75) is 32.1 Å². The average Bonchev–Trinajstić information content (AvgIpc) is 3.00. The standard InChI is InChI=1S/C20H23BN2O5S/c1-13-8-9-17(20-14(2)23-28-15(20)3)12-19(13)29(26,27)22-11-10-16-6-4-5-7-18(16)21(24)25/h4-9,12,22,24-25H,10-11H2,1-3H3. The molecule has 0 radical (unpaired) electrons. The second-order valence-corrected chi connectivity index (χ2v) is 8.64. The van der Waals surface area contributed by atoms with Crippen LogP contribution >= 0.6 is 0 Å². The van der Waals surface area contributed by atoms with Gasteiger partial charge in [0.25, 0.3) is 0 Å². The van der Waals surface area contributed by atoms with Crippen molar-refractivity contribution >= 4 is 22.6 Å². The quantitative estimate of drug-likeness (QED) is 0.505. The Balaban J connectivity index is 1.82. The van der Waals surface area contributed by atoms with Crippen molar-refractivity contribution in [3.63, 3.8) is 0 Å². The third-order valence-corrected chi connectivity index (χ3v) is 6.42. The minimum atomic E-state index is -3.76. The molecule has 9 heteroatoms. The highest BCUT2D eigenvalue weighted by molar-refractivity contribution is 7.89. The summed E-state index contributed by atoms with van der Waals surface area (Å²) in [5.41, 5.74) is 3.86. The fourth-order valence-corrected chi connectivity index (χ4v) is 4.65. The number of benzene rings is 2. The molecule has 3 rings (SSSR count). The topological polar surface area (TPSA) is 113 Å². The van der Waals surface area contributed by atoms with Gasteiger partial charge in [-0.05, 0) is 55.4 Å². The highest BCUT2D eigenvalue weighted by atomic mass is 32.2. The van der Waals surface area contributed by atoms with Gasteiger partial charge in [0.05, 0.1) is 10.6 Å². The number of rotatable bonds is 7. The molecule has 0 spiro atoms. The van der Waals surface area contributed by atoms with Crippen LogP contribution in [-0.4, -0.2) is 37.3 Å². The summed E-state index contributed by atoms with van der Waals surface area (Å²) in [6.07, 6.45) is 0.329. The zero-order valence-electron chi connectivity index (χ0n) is 16.5. The first kappa shape index (κ1) is 21.3. The first-order chi connectivity index (χ1) is 13.7. The second-order valence-electron chi connectivity index (χ2n) is 6.90. The smallest absolute Gasteiger partial charge is 0.423 e. The Hall–Kier alpha value is -2.46. The van der Waals surface area contributed by atoms with Gasteiger partial charge in [0.15, 0.2) is 0 Å². The number of hydrogen-bond acceptors (Lipinski definition) is 6.